The van der Waals surface area contributed by atoms with Crippen molar-refractivity contribution in [2.75, 3.05) is 15.7 Å². The molecule has 1 aromatic carbocycles. The van der Waals surface area contributed by atoms with Gasteiger partial charge in [0.1, 0.15) is 5.82 Å². The highest BCUT2D eigenvalue weighted by atomic mass is 32.2. The molecule has 0 saturated heterocycles. The fourth-order valence-corrected chi connectivity index (χ4v) is 3.16. The number of nitrogens with zero attached hydrogens (tertiary/aromatic N) is 1. The minimum Gasteiger partial charge on any atom is -0.332 e. The summed E-state index contributed by atoms with van der Waals surface area (Å²) in [4.78, 5) is 6.45. The number of imidazole rings is 1. The van der Waals surface area contributed by atoms with E-state index < -0.39 is 20.0 Å². The first kappa shape index (κ1) is 15.3. The van der Waals surface area contributed by atoms with E-state index >= 15 is 0 Å². The molecule has 0 saturated carbocycles. The van der Waals surface area contributed by atoms with Crippen molar-refractivity contribution < 1.29 is 16.8 Å². The molecule has 8 nitrogen and oxygen atoms in total. The fourth-order valence-electron chi connectivity index (χ4n) is 1.57. The Morgan fingerprint density at radius 2 is 1.52 bits per heavy atom. The Balaban J connectivity index is 2.17. The summed E-state index contributed by atoms with van der Waals surface area (Å²) in [6, 6.07) is 5.82. The van der Waals surface area contributed by atoms with Gasteiger partial charge < -0.3 is 4.98 Å². The first-order valence-corrected chi connectivity index (χ1v) is 9.15. The number of aryl methyl sites for hydroxylation is 1. The Labute approximate surface area is 122 Å². The van der Waals surface area contributed by atoms with Crippen molar-refractivity contribution in [2.24, 2.45) is 0 Å². The largest absolute Gasteiger partial charge is 0.332 e. The number of hydrogen-bond donors (Lipinski definition) is 3. The van der Waals surface area contributed by atoms with Crippen molar-refractivity contribution in [2.45, 2.75) is 11.9 Å². The molecule has 1 aromatic heterocycles. The zero-order valence-corrected chi connectivity index (χ0v) is 12.9. The minimum atomic E-state index is -3.75. The van der Waals surface area contributed by atoms with Crippen LogP contribution in [-0.2, 0) is 20.0 Å². The van der Waals surface area contributed by atoms with Crippen molar-refractivity contribution in [3.8, 4) is 0 Å². The third-order valence-corrected chi connectivity index (χ3v) is 4.31. The number of H-pyrrole nitrogens is 1. The second-order valence-electron chi connectivity index (χ2n) is 4.39. The van der Waals surface area contributed by atoms with Crippen LogP contribution in [0.1, 0.15) is 5.82 Å². The van der Waals surface area contributed by atoms with Gasteiger partial charge in [0.25, 0.3) is 10.0 Å². The number of aromatic amines is 1. The molecule has 2 rings (SSSR count). The predicted octanol–water partition coefficient (Wildman–Crippen LogP) is 0.890. The van der Waals surface area contributed by atoms with Crippen LogP contribution in [0.4, 0.5) is 11.4 Å². The second kappa shape index (κ2) is 5.37. The molecule has 1 heterocycles. The average Bonchev–Trinajstić information content (AvgIpc) is 2.77. The lowest BCUT2D eigenvalue weighted by Gasteiger charge is -2.08. The van der Waals surface area contributed by atoms with Crippen molar-refractivity contribution in [3.05, 3.63) is 36.3 Å². The summed E-state index contributed by atoms with van der Waals surface area (Å²) in [6.07, 6.45) is 2.25. The number of benzene rings is 1. The van der Waals surface area contributed by atoms with E-state index in [0.717, 1.165) is 6.26 Å². The van der Waals surface area contributed by atoms with E-state index in [2.05, 4.69) is 19.4 Å². The Bertz CT molecular complexity index is 839. The van der Waals surface area contributed by atoms with Crippen molar-refractivity contribution in [1.29, 1.82) is 0 Å². The van der Waals surface area contributed by atoms with Crippen LogP contribution in [0.25, 0.3) is 0 Å². The van der Waals surface area contributed by atoms with E-state index in [9.17, 15) is 16.8 Å². The highest BCUT2D eigenvalue weighted by Gasteiger charge is 2.16. The Hall–Kier alpha value is -2.07. The smallest absolute Gasteiger partial charge is 0.278 e. The lowest BCUT2D eigenvalue weighted by molar-refractivity contribution is 0.597. The SMILES string of the molecule is Cc1ncc(S(=O)(=O)Nc2ccc(NS(C)(=O)=O)cc2)[nH]1. The van der Waals surface area contributed by atoms with Crippen LogP contribution in [0.5, 0.6) is 0 Å². The predicted molar refractivity (Wildman–Crippen MR) is 79.0 cm³/mol. The summed E-state index contributed by atoms with van der Waals surface area (Å²) in [5.74, 6) is 0.489. The molecule has 2 aromatic rings. The Morgan fingerprint density at radius 1 is 1.00 bits per heavy atom. The minimum absolute atomic E-state index is 0.0432. The van der Waals surface area contributed by atoms with E-state index in [4.69, 9.17) is 0 Å². The maximum absolute atomic E-state index is 12.0. The highest BCUT2D eigenvalue weighted by Crippen LogP contribution is 2.18. The van der Waals surface area contributed by atoms with Crippen LogP contribution in [0.15, 0.2) is 35.5 Å². The van der Waals surface area contributed by atoms with Gasteiger partial charge in [0.15, 0.2) is 5.03 Å². The summed E-state index contributed by atoms with van der Waals surface area (Å²) < 4.78 is 50.9. The number of aromatic nitrogens is 2. The summed E-state index contributed by atoms with van der Waals surface area (Å²) >= 11 is 0. The van der Waals surface area contributed by atoms with Crippen LogP contribution in [0.3, 0.4) is 0 Å². The number of rotatable bonds is 5. The molecular weight excluding hydrogens is 316 g/mol. The standard InChI is InChI=1S/C11H14N4O4S2/c1-8-12-7-11(13-8)21(18,19)15-10-5-3-9(4-6-10)14-20(2,16)17/h3-7,14-15H,1-2H3,(H,12,13). The number of nitrogens with one attached hydrogen (secondary N) is 3. The monoisotopic (exact) mass is 330 g/mol. The average molecular weight is 330 g/mol. The molecule has 0 fully saturated rings. The van der Waals surface area contributed by atoms with E-state index in [1.165, 1.54) is 30.5 Å². The van der Waals surface area contributed by atoms with Gasteiger partial charge in [0, 0.05) is 11.4 Å². The van der Waals surface area contributed by atoms with Gasteiger partial charge in [-0.15, -0.1) is 0 Å². The van der Waals surface area contributed by atoms with Crippen LogP contribution >= 0.6 is 0 Å². The summed E-state index contributed by atoms with van der Waals surface area (Å²) in [7, 11) is -7.11. The Morgan fingerprint density at radius 3 is 1.95 bits per heavy atom. The molecule has 0 amide bonds. The molecule has 21 heavy (non-hydrogen) atoms. The normalized spacial score (nSPS) is 12.1. The molecule has 10 heteroatoms. The molecule has 0 aliphatic heterocycles. The molecular formula is C11H14N4O4S2. The number of hydrogen-bond acceptors (Lipinski definition) is 5. The van der Waals surface area contributed by atoms with Gasteiger partial charge in [-0.05, 0) is 31.2 Å². The van der Waals surface area contributed by atoms with Crippen LogP contribution in [-0.4, -0.2) is 33.1 Å². The van der Waals surface area contributed by atoms with Gasteiger partial charge in [-0.2, -0.15) is 8.42 Å². The van der Waals surface area contributed by atoms with E-state index in [1.54, 1.807) is 6.92 Å². The summed E-state index contributed by atoms with van der Waals surface area (Å²) in [5.41, 5.74) is 0.652. The molecule has 0 bridgehead atoms. The highest BCUT2D eigenvalue weighted by molar-refractivity contribution is 7.92. The zero-order chi connectivity index (χ0) is 15.7. The fraction of sp³-hybridized carbons (Fsp3) is 0.182. The quantitative estimate of drug-likeness (QED) is 0.752. The molecule has 0 aliphatic carbocycles. The van der Waals surface area contributed by atoms with Crippen LogP contribution in [0, 0.1) is 6.92 Å². The van der Waals surface area contributed by atoms with Gasteiger partial charge in [-0.3, -0.25) is 9.44 Å². The first-order valence-electron chi connectivity index (χ1n) is 5.78. The first-order chi connectivity index (χ1) is 9.66. The maximum atomic E-state index is 12.0. The van der Waals surface area contributed by atoms with E-state index in [1.807, 2.05) is 0 Å². The molecule has 0 spiro atoms. The third-order valence-electron chi connectivity index (χ3n) is 2.41. The summed E-state index contributed by atoms with van der Waals surface area (Å²) in [6.45, 7) is 1.64. The molecule has 0 unspecified atom stereocenters. The third kappa shape index (κ3) is 4.20. The summed E-state index contributed by atoms with van der Waals surface area (Å²) in [5, 5.41) is -0.0432. The lowest BCUT2D eigenvalue weighted by atomic mass is 10.3. The molecule has 0 aliphatic rings. The lowest BCUT2D eigenvalue weighted by Crippen LogP contribution is -2.13. The van der Waals surface area contributed by atoms with Crippen LogP contribution < -0.4 is 9.44 Å². The van der Waals surface area contributed by atoms with Gasteiger partial charge in [0.05, 0.1) is 12.5 Å². The van der Waals surface area contributed by atoms with E-state index in [0.29, 0.717) is 17.2 Å². The van der Waals surface area contributed by atoms with Crippen molar-refractivity contribution in [1.82, 2.24) is 9.97 Å². The topological polar surface area (TPSA) is 121 Å². The van der Waals surface area contributed by atoms with Crippen molar-refractivity contribution in [3.63, 3.8) is 0 Å². The second-order valence-corrected chi connectivity index (χ2v) is 7.79. The van der Waals surface area contributed by atoms with Crippen LogP contribution in [0.2, 0.25) is 0 Å². The zero-order valence-electron chi connectivity index (χ0n) is 11.3. The maximum Gasteiger partial charge on any atom is 0.278 e. The van der Waals surface area contributed by atoms with Gasteiger partial charge >= 0.3 is 0 Å². The molecule has 0 atom stereocenters. The van der Waals surface area contributed by atoms with Gasteiger partial charge in [-0.25, -0.2) is 13.4 Å². The molecule has 114 valence electrons. The number of sulfonamides is 2. The van der Waals surface area contributed by atoms with Crippen molar-refractivity contribution >= 4 is 31.4 Å². The van der Waals surface area contributed by atoms with Gasteiger partial charge in [0.2, 0.25) is 10.0 Å². The van der Waals surface area contributed by atoms with Gasteiger partial charge in [-0.1, -0.05) is 0 Å². The molecule has 3 N–H and O–H groups in total. The Kier molecular flexibility index (Phi) is 3.92. The molecule has 0 radical (unpaired) electrons. The van der Waals surface area contributed by atoms with E-state index in [-0.39, 0.29) is 5.03 Å². The number of anilines is 2.